The summed E-state index contributed by atoms with van der Waals surface area (Å²) in [6, 6.07) is 0.932. The van der Waals surface area contributed by atoms with Gasteiger partial charge in [0.25, 0.3) is 0 Å². The van der Waals surface area contributed by atoms with Crippen molar-refractivity contribution in [3.8, 4) is 0 Å². The van der Waals surface area contributed by atoms with Crippen molar-refractivity contribution in [1.29, 1.82) is 0 Å². The van der Waals surface area contributed by atoms with E-state index in [4.69, 9.17) is 4.74 Å². The molecule has 0 saturated carbocycles. The summed E-state index contributed by atoms with van der Waals surface area (Å²) in [5.74, 6) is 0.494. The van der Waals surface area contributed by atoms with Gasteiger partial charge < -0.3 is 10.1 Å². The Kier molecular flexibility index (Phi) is 5.01. The third-order valence-corrected chi connectivity index (χ3v) is 2.63. The van der Waals surface area contributed by atoms with Crippen LogP contribution in [0.2, 0.25) is 0 Å². The normalized spacial score (nSPS) is 11.6. The van der Waals surface area contributed by atoms with Crippen LogP contribution in [0.25, 0.3) is 0 Å². The van der Waals surface area contributed by atoms with Crippen LogP contribution in [0.1, 0.15) is 5.69 Å². The molecule has 0 spiro atoms. The van der Waals surface area contributed by atoms with E-state index in [2.05, 4.69) is 15.3 Å². The van der Waals surface area contributed by atoms with Crippen molar-refractivity contribution in [3.05, 3.63) is 11.8 Å². The van der Waals surface area contributed by atoms with Crippen molar-refractivity contribution in [2.45, 2.75) is 11.2 Å². The minimum atomic E-state index is -4.47. The van der Waals surface area contributed by atoms with Gasteiger partial charge in [0.05, 0.1) is 6.61 Å². The number of alkyl halides is 3. The fourth-order valence-electron chi connectivity index (χ4n) is 0.986. The summed E-state index contributed by atoms with van der Waals surface area (Å²) in [5.41, 5.74) is -0.947. The first-order chi connectivity index (χ1) is 7.97. The van der Waals surface area contributed by atoms with Crippen LogP contribution in [0.15, 0.2) is 11.1 Å². The van der Waals surface area contributed by atoms with Gasteiger partial charge in [-0.2, -0.15) is 13.2 Å². The van der Waals surface area contributed by atoms with Crippen LogP contribution in [-0.2, 0) is 10.9 Å². The highest BCUT2D eigenvalue weighted by Crippen LogP contribution is 2.30. The number of aromatic nitrogens is 2. The molecule has 0 aromatic carbocycles. The second-order valence-electron chi connectivity index (χ2n) is 3.00. The van der Waals surface area contributed by atoms with E-state index >= 15 is 0 Å². The van der Waals surface area contributed by atoms with Gasteiger partial charge in [-0.05, 0) is 0 Å². The van der Waals surface area contributed by atoms with Gasteiger partial charge in [0.1, 0.15) is 5.03 Å². The number of thioether (sulfide) groups is 1. The highest BCUT2D eigenvalue weighted by atomic mass is 32.2. The zero-order valence-electron chi connectivity index (χ0n) is 9.34. The Bertz CT molecular complexity index is 373. The smallest absolute Gasteiger partial charge is 0.384 e. The lowest BCUT2D eigenvalue weighted by Crippen LogP contribution is -2.11. The van der Waals surface area contributed by atoms with Crippen LogP contribution in [0.5, 0.6) is 0 Å². The van der Waals surface area contributed by atoms with Gasteiger partial charge >= 0.3 is 6.18 Å². The summed E-state index contributed by atoms with van der Waals surface area (Å²) in [6.45, 7) is 0.449. The molecule has 1 heterocycles. The van der Waals surface area contributed by atoms with E-state index in [-0.39, 0.29) is 11.0 Å². The molecule has 0 aliphatic rings. The molecule has 0 radical (unpaired) electrons. The molecule has 4 nitrogen and oxygen atoms in total. The van der Waals surface area contributed by atoms with Crippen molar-refractivity contribution in [2.24, 2.45) is 0 Å². The number of hydrogen-bond acceptors (Lipinski definition) is 5. The standard InChI is InChI=1S/C9H12F3N3OS/c1-13-8-14-6(9(10,11)12)5-7(15-8)17-4-3-16-2/h5H,3-4H2,1-2H3,(H,13,14,15). The summed E-state index contributed by atoms with van der Waals surface area (Å²) >= 11 is 1.19. The van der Waals surface area contributed by atoms with Crippen molar-refractivity contribution in [1.82, 2.24) is 9.97 Å². The van der Waals surface area contributed by atoms with E-state index in [1.54, 1.807) is 0 Å². The maximum atomic E-state index is 12.5. The lowest BCUT2D eigenvalue weighted by Gasteiger charge is -2.09. The van der Waals surface area contributed by atoms with Crippen molar-refractivity contribution in [2.75, 3.05) is 31.8 Å². The largest absolute Gasteiger partial charge is 0.433 e. The molecule has 1 N–H and O–H groups in total. The van der Waals surface area contributed by atoms with Crippen LogP contribution in [-0.4, -0.2) is 36.5 Å². The lowest BCUT2D eigenvalue weighted by atomic mass is 10.4. The maximum absolute atomic E-state index is 12.5. The topological polar surface area (TPSA) is 47.0 Å². The molecule has 0 aliphatic heterocycles. The van der Waals surface area contributed by atoms with Gasteiger partial charge in [0.2, 0.25) is 5.95 Å². The predicted octanol–water partition coefficient (Wildman–Crippen LogP) is 2.28. The van der Waals surface area contributed by atoms with E-state index < -0.39 is 11.9 Å². The van der Waals surface area contributed by atoms with E-state index in [1.165, 1.54) is 25.9 Å². The number of anilines is 1. The molecular formula is C9H12F3N3OS. The molecule has 1 aromatic heterocycles. The number of nitrogens with zero attached hydrogens (tertiary/aromatic N) is 2. The number of hydrogen-bond donors (Lipinski definition) is 1. The van der Waals surface area contributed by atoms with Gasteiger partial charge in [-0.25, -0.2) is 9.97 Å². The summed E-state index contributed by atoms with van der Waals surface area (Å²) in [5, 5.41) is 2.78. The van der Waals surface area contributed by atoms with Crippen molar-refractivity contribution >= 4 is 17.7 Å². The minimum absolute atomic E-state index is 0.0419. The summed E-state index contributed by atoms with van der Waals surface area (Å²) in [6.07, 6.45) is -4.47. The first-order valence-corrected chi connectivity index (χ1v) is 5.71. The minimum Gasteiger partial charge on any atom is -0.384 e. The van der Waals surface area contributed by atoms with Crippen LogP contribution in [0.4, 0.5) is 19.1 Å². The highest BCUT2D eigenvalue weighted by Gasteiger charge is 2.33. The molecule has 0 saturated heterocycles. The Morgan fingerprint density at radius 3 is 2.65 bits per heavy atom. The highest BCUT2D eigenvalue weighted by molar-refractivity contribution is 7.99. The van der Waals surface area contributed by atoms with Crippen molar-refractivity contribution in [3.63, 3.8) is 0 Å². The Balaban J connectivity index is 2.89. The molecule has 0 fully saturated rings. The molecule has 0 aliphatic carbocycles. The number of halogens is 3. The zero-order valence-corrected chi connectivity index (χ0v) is 10.2. The molecule has 17 heavy (non-hydrogen) atoms. The summed E-state index contributed by atoms with van der Waals surface area (Å²) < 4.78 is 42.4. The van der Waals surface area contributed by atoms with Gasteiger partial charge in [-0.15, -0.1) is 11.8 Å². The molecule has 0 amide bonds. The average Bonchev–Trinajstić information content (AvgIpc) is 2.28. The molecular weight excluding hydrogens is 255 g/mol. The molecule has 0 atom stereocenters. The first-order valence-electron chi connectivity index (χ1n) is 4.73. The fourth-order valence-corrected chi connectivity index (χ4v) is 1.79. The van der Waals surface area contributed by atoms with Crippen molar-refractivity contribution < 1.29 is 17.9 Å². The third kappa shape index (κ3) is 4.39. The third-order valence-electron chi connectivity index (χ3n) is 1.75. The van der Waals surface area contributed by atoms with E-state index in [9.17, 15) is 13.2 Å². The molecule has 96 valence electrons. The zero-order chi connectivity index (χ0) is 12.9. The van der Waals surface area contributed by atoms with E-state index in [0.29, 0.717) is 12.4 Å². The molecule has 1 rings (SSSR count). The summed E-state index contributed by atoms with van der Waals surface area (Å²) in [4.78, 5) is 7.28. The molecule has 1 aromatic rings. The molecule has 8 heteroatoms. The lowest BCUT2D eigenvalue weighted by molar-refractivity contribution is -0.141. The van der Waals surface area contributed by atoms with E-state index in [1.807, 2.05) is 0 Å². The van der Waals surface area contributed by atoms with Crippen LogP contribution in [0.3, 0.4) is 0 Å². The van der Waals surface area contributed by atoms with Gasteiger partial charge in [-0.3, -0.25) is 0 Å². The monoisotopic (exact) mass is 267 g/mol. The predicted molar refractivity (Wildman–Crippen MR) is 59.2 cm³/mol. The number of methoxy groups -OCH3 is 1. The second kappa shape index (κ2) is 6.06. The first kappa shape index (κ1) is 14.0. The summed E-state index contributed by atoms with van der Waals surface area (Å²) in [7, 11) is 3.00. The Labute approximate surface area is 101 Å². The Morgan fingerprint density at radius 2 is 2.12 bits per heavy atom. The Morgan fingerprint density at radius 1 is 1.41 bits per heavy atom. The molecule has 0 unspecified atom stereocenters. The quantitative estimate of drug-likeness (QED) is 0.504. The average molecular weight is 267 g/mol. The molecule has 0 bridgehead atoms. The fraction of sp³-hybridized carbons (Fsp3) is 0.556. The van der Waals surface area contributed by atoms with Gasteiger partial charge in [0, 0.05) is 26.0 Å². The van der Waals surface area contributed by atoms with Crippen LogP contribution < -0.4 is 5.32 Å². The van der Waals surface area contributed by atoms with Gasteiger partial charge in [0.15, 0.2) is 5.69 Å². The second-order valence-corrected chi connectivity index (χ2v) is 4.12. The number of rotatable bonds is 5. The van der Waals surface area contributed by atoms with Crippen LogP contribution >= 0.6 is 11.8 Å². The Hall–Kier alpha value is -1.02. The number of ether oxygens (including phenoxy) is 1. The van der Waals surface area contributed by atoms with Crippen LogP contribution in [0, 0.1) is 0 Å². The SMILES string of the molecule is CNc1nc(SCCOC)cc(C(F)(F)F)n1. The van der Waals surface area contributed by atoms with E-state index in [0.717, 1.165) is 6.07 Å². The maximum Gasteiger partial charge on any atom is 0.433 e. The number of nitrogens with one attached hydrogen (secondary N) is 1. The van der Waals surface area contributed by atoms with Gasteiger partial charge in [-0.1, -0.05) is 0 Å².